The van der Waals surface area contributed by atoms with E-state index >= 15 is 0 Å². The molecule has 1 N–H and O–H groups in total. The number of para-hydroxylation sites is 1. The zero-order valence-corrected chi connectivity index (χ0v) is 23.5. The molecule has 0 spiro atoms. The molecule has 4 aromatic carbocycles. The van der Waals surface area contributed by atoms with Gasteiger partial charge in [-0.15, -0.1) is 5.10 Å². The topological polar surface area (TPSA) is 90.6 Å². The van der Waals surface area contributed by atoms with Gasteiger partial charge in [-0.1, -0.05) is 41.6 Å². The average molecular weight is 568 g/mol. The quantitative estimate of drug-likeness (QED) is 0.210. The number of nitrogens with one attached hydrogen (secondary N) is 1. The molecule has 7 rings (SSSR count). The van der Waals surface area contributed by atoms with E-state index in [1.807, 2.05) is 80.7 Å². The lowest BCUT2D eigenvalue weighted by molar-refractivity contribution is 0.483. The summed E-state index contributed by atoms with van der Waals surface area (Å²) >= 11 is 0. The third-order valence-electron chi connectivity index (χ3n) is 7.21. The van der Waals surface area contributed by atoms with Crippen LogP contribution >= 0.6 is 0 Å². The van der Waals surface area contributed by atoms with Gasteiger partial charge >= 0.3 is 0 Å². The molecular formula is C34H26FN7O. The number of anilines is 2. The zero-order valence-electron chi connectivity index (χ0n) is 23.5. The molecule has 0 amide bonds. The van der Waals surface area contributed by atoms with Crippen LogP contribution in [-0.2, 0) is 6.54 Å². The molecule has 0 saturated carbocycles. The highest BCUT2D eigenvalue weighted by Crippen LogP contribution is 2.33. The van der Waals surface area contributed by atoms with E-state index in [9.17, 15) is 4.39 Å². The van der Waals surface area contributed by atoms with Crippen LogP contribution < -0.4 is 10.1 Å². The number of fused-ring (bicyclic) bond motifs is 2. The number of rotatable bonds is 7. The highest BCUT2D eigenvalue weighted by atomic mass is 19.1. The summed E-state index contributed by atoms with van der Waals surface area (Å²) in [6.07, 6.45) is 3.42. The van der Waals surface area contributed by atoms with Gasteiger partial charge in [-0.3, -0.25) is 0 Å². The van der Waals surface area contributed by atoms with Gasteiger partial charge in [-0.05, 0) is 79.6 Å². The van der Waals surface area contributed by atoms with Gasteiger partial charge in [0.05, 0.1) is 18.3 Å². The van der Waals surface area contributed by atoms with Gasteiger partial charge in [0.25, 0.3) is 0 Å². The summed E-state index contributed by atoms with van der Waals surface area (Å²) in [5, 5.41) is 13.9. The minimum absolute atomic E-state index is 0.265. The Kier molecular flexibility index (Phi) is 6.67. The maximum absolute atomic E-state index is 13.3. The van der Waals surface area contributed by atoms with Crippen molar-refractivity contribution < 1.29 is 9.13 Å². The molecule has 0 bridgehead atoms. The fraction of sp³-hybridized carbons (Fsp3) is 0.0882. The minimum Gasteiger partial charge on any atom is -0.455 e. The van der Waals surface area contributed by atoms with Crippen molar-refractivity contribution in [2.24, 2.45) is 0 Å². The summed E-state index contributed by atoms with van der Waals surface area (Å²) in [4.78, 5) is 13.7. The number of aryl methyl sites for hydroxylation is 2. The standard InChI is InChI=1S/C34H26FN7O/c1-21-16-27(13-15-31(21)43-32-5-3-4-24-9-6-22(2)38-33(24)32)39-34-28-17-25(10-14-29(28)36-20-37-34)30-19-42(41-40-30)18-23-7-11-26(35)12-8-23/h3-17,19-20H,18H2,1-2H3,(H,36,37,39). The molecular weight excluding hydrogens is 541 g/mol. The molecule has 7 aromatic rings. The Morgan fingerprint density at radius 1 is 0.860 bits per heavy atom. The molecule has 210 valence electrons. The molecule has 0 fully saturated rings. The predicted molar refractivity (Wildman–Crippen MR) is 165 cm³/mol. The molecule has 0 unspecified atom stereocenters. The number of hydrogen-bond donors (Lipinski definition) is 1. The van der Waals surface area contributed by atoms with Gasteiger partial charge in [0.1, 0.15) is 34.9 Å². The lowest BCUT2D eigenvalue weighted by atomic mass is 10.1. The van der Waals surface area contributed by atoms with Crippen molar-refractivity contribution in [2.45, 2.75) is 20.4 Å². The SMILES string of the molecule is Cc1ccc2cccc(Oc3ccc(Nc4ncnc5ccc(-c6cn(Cc7ccc(F)cc7)nn6)cc45)cc3C)c2n1. The van der Waals surface area contributed by atoms with Crippen molar-refractivity contribution in [3.05, 3.63) is 126 Å². The van der Waals surface area contributed by atoms with Gasteiger partial charge < -0.3 is 10.1 Å². The van der Waals surface area contributed by atoms with Gasteiger partial charge in [0.2, 0.25) is 0 Å². The Hall–Kier alpha value is -5.70. The number of halogens is 1. The van der Waals surface area contributed by atoms with Gasteiger partial charge in [-0.2, -0.15) is 0 Å². The fourth-order valence-corrected chi connectivity index (χ4v) is 5.00. The van der Waals surface area contributed by atoms with Crippen LogP contribution in [0.2, 0.25) is 0 Å². The van der Waals surface area contributed by atoms with Crippen LogP contribution in [0.1, 0.15) is 16.8 Å². The molecule has 0 radical (unpaired) electrons. The smallest absolute Gasteiger partial charge is 0.153 e. The van der Waals surface area contributed by atoms with Crippen LogP contribution in [0.25, 0.3) is 33.1 Å². The molecule has 43 heavy (non-hydrogen) atoms. The molecule has 3 aromatic heterocycles. The van der Waals surface area contributed by atoms with Crippen molar-refractivity contribution in [1.82, 2.24) is 29.9 Å². The third-order valence-corrected chi connectivity index (χ3v) is 7.21. The van der Waals surface area contributed by atoms with E-state index in [2.05, 4.69) is 36.6 Å². The monoisotopic (exact) mass is 567 g/mol. The molecule has 0 saturated heterocycles. The summed E-state index contributed by atoms with van der Waals surface area (Å²) in [5.74, 6) is 1.87. The molecule has 8 nitrogen and oxygen atoms in total. The number of pyridine rings is 1. The summed E-state index contributed by atoms with van der Waals surface area (Å²) < 4.78 is 21.3. The first kappa shape index (κ1) is 26.2. The van der Waals surface area contributed by atoms with Crippen molar-refractivity contribution in [3.63, 3.8) is 0 Å². The first-order valence-corrected chi connectivity index (χ1v) is 13.8. The summed E-state index contributed by atoms with van der Waals surface area (Å²) in [6.45, 7) is 4.48. The maximum atomic E-state index is 13.3. The van der Waals surface area contributed by atoms with E-state index in [-0.39, 0.29) is 5.82 Å². The lowest BCUT2D eigenvalue weighted by Crippen LogP contribution is -2.00. The predicted octanol–water partition coefficient (Wildman–Crippen LogP) is 7.78. The van der Waals surface area contributed by atoms with Crippen LogP contribution in [0.4, 0.5) is 15.9 Å². The van der Waals surface area contributed by atoms with Gasteiger partial charge in [-0.25, -0.2) is 24.0 Å². The Bertz CT molecular complexity index is 2110. The van der Waals surface area contributed by atoms with Crippen LogP contribution in [0.3, 0.4) is 0 Å². The lowest BCUT2D eigenvalue weighted by Gasteiger charge is -2.14. The summed E-state index contributed by atoms with van der Waals surface area (Å²) in [6, 6.07) is 28.2. The molecule has 0 aliphatic carbocycles. The Morgan fingerprint density at radius 3 is 2.60 bits per heavy atom. The van der Waals surface area contributed by atoms with Crippen LogP contribution in [-0.4, -0.2) is 29.9 Å². The van der Waals surface area contributed by atoms with E-state index in [1.54, 1.807) is 23.1 Å². The van der Waals surface area contributed by atoms with E-state index in [0.717, 1.165) is 55.6 Å². The second kappa shape index (κ2) is 10.9. The maximum Gasteiger partial charge on any atom is 0.153 e. The van der Waals surface area contributed by atoms with E-state index < -0.39 is 0 Å². The van der Waals surface area contributed by atoms with Crippen molar-refractivity contribution in [1.29, 1.82) is 0 Å². The van der Waals surface area contributed by atoms with E-state index in [0.29, 0.717) is 23.8 Å². The van der Waals surface area contributed by atoms with Gasteiger partial charge in [0, 0.05) is 27.7 Å². The summed E-state index contributed by atoms with van der Waals surface area (Å²) in [5.41, 5.74) is 6.95. The highest BCUT2D eigenvalue weighted by molar-refractivity contribution is 5.93. The minimum atomic E-state index is -0.265. The number of hydrogen-bond acceptors (Lipinski definition) is 7. The van der Waals surface area contributed by atoms with E-state index in [4.69, 9.17) is 4.74 Å². The third kappa shape index (κ3) is 5.48. The van der Waals surface area contributed by atoms with E-state index in [1.165, 1.54) is 12.1 Å². The van der Waals surface area contributed by atoms with Gasteiger partial charge in [0.15, 0.2) is 5.75 Å². The number of ether oxygens (including phenoxy) is 1. The zero-order chi connectivity index (χ0) is 29.3. The second-order valence-corrected chi connectivity index (χ2v) is 10.4. The number of nitrogens with zero attached hydrogens (tertiary/aromatic N) is 6. The molecule has 0 atom stereocenters. The van der Waals surface area contributed by atoms with Crippen molar-refractivity contribution >= 4 is 33.3 Å². The Balaban J connectivity index is 1.13. The first-order valence-electron chi connectivity index (χ1n) is 13.8. The average Bonchev–Trinajstić information content (AvgIpc) is 3.48. The number of aromatic nitrogens is 6. The summed E-state index contributed by atoms with van der Waals surface area (Å²) in [7, 11) is 0. The van der Waals surface area contributed by atoms with Crippen LogP contribution in [0.5, 0.6) is 11.5 Å². The Morgan fingerprint density at radius 2 is 1.74 bits per heavy atom. The fourth-order valence-electron chi connectivity index (χ4n) is 5.00. The first-order chi connectivity index (χ1) is 21.0. The second-order valence-electron chi connectivity index (χ2n) is 10.4. The molecule has 3 heterocycles. The van der Waals surface area contributed by atoms with Crippen LogP contribution in [0.15, 0.2) is 104 Å². The Labute approximate surface area is 246 Å². The van der Waals surface area contributed by atoms with Crippen molar-refractivity contribution in [2.75, 3.05) is 5.32 Å². The largest absolute Gasteiger partial charge is 0.455 e. The molecule has 0 aliphatic rings. The normalized spacial score (nSPS) is 11.2. The highest BCUT2D eigenvalue weighted by Gasteiger charge is 2.12. The van der Waals surface area contributed by atoms with Crippen LogP contribution in [0, 0.1) is 19.7 Å². The van der Waals surface area contributed by atoms with Crippen molar-refractivity contribution in [3.8, 4) is 22.8 Å². The number of benzene rings is 4. The molecule has 9 heteroatoms. The molecule has 0 aliphatic heterocycles.